The van der Waals surface area contributed by atoms with Crippen molar-refractivity contribution in [2.45, 2.75) is 13.5 Å². The van der Waals surface area contributed by atoms with E-state index >= 15 is 0 Å². The highest BCUT2D eigenvalue weighted by Crippen LogP contribution is 2.20. The topological polar surface area (TPSA) is 37.8 Å². The maximum atomic E-state index is 5.92. The standard InChI is InChI=1S/C10H10ClN3S/c1-7-2-3-15-9(7)5-13-10-8(11)4-12-6-14-10/h2-4,6H,5H2,1H3,(H,12,13,14). The van der Waals surface area contributed by atoms with Gasteiger partial charge in [0, 0.05) is 4.88 Å². The molecule has 0 spiro atoms. The maximum Gasteiger partial charge on any atom is 0.148 e. The van der Waals surface area contributed by atoms with Gasteiger partial charge in [0.2, 0.25) is 0 Å². The van der Waals surface area contributed by atoms with Crippen LogP contribution in [0.5, 0.6) is 0 Å². The first kappa shape index (κ1) is 10.4. The van der Waals surface area contributed by atoms with Crippen LogP contribution >= 0.6 is 22.9 Å². The van der Waals surface area contributed by atoms with Crippen LogP contribution in [-0.2, 0) is 6.54 Å². The fourth-order valence-electron chi connectivity index (χ4n) is 1.19. The molecular formula is C10H10ClN3S. The third kappa shape index (κ3) is 2.46. The van der Waals surface area contributed by atoms with Crippen LogP contribution in [0.25, 0.3) is 0 Å². The quantitative estimate of drug-likeness (QED) is 0.895. The van der Waals surface area contributed by atoms with Gasteiger partial charge in [0.1, 0.15) is 17.2 Å². The van der Waals surface area contributed by atoms with Crippen molar-refractivity contribution < 1.29 is 0 Å². The SMILES string of the molecule is Cc1ccsc1CNc1ncncc1Cl. The van der Waals surface area contributed by atoms with Crippen LogP contribution in [0.2, 0.25) is 5.02 Å². The second kappa shape index (κ2) is 4.59. The Bertz CT molecular complexity index is 455. The first-order valence-corrected chi connectivity index (χ1v) is 5.75. The summed E-state index contributed by atoms with van der Waals surface area (Å²) < 4.78 is 0. The van der Waals surface area contributed by atoms with Crippen molar-refractivity contribution in [3.63, 3.8) is 0 Å². The molecule has 0 aliphatic heterocycles. The molecule has 2 aromatic heterocycles. The van der Waals surface area contributed by atoms with Crippen molar-refractivity contribution in [1.29, 1.82) is 0 Å². The minimum absolute atomic E-state index is 0.548. The highest BCUT2D eigenvalue weighted by Gasteiger charge is 2.03. The lowest BCUT2D eigenvalue weighted by Crippen LogP contribution is -2.01. The number of anilines is 1. The van der Waals surface area contributed by atoms with Gasteiger partial charge in [0.25, 0.3) is 0 Å². The number of rotatable bonds is 3. The lowest BCUT2D eigenvalue weighted by atomic mass is 10.3. The van der Waals surface area contributed by atoms with E-state index in [0.717, 1.165) is 6.54 Å². The van der Waals surface area contributed by atoms with Gasteiger partial charge in [-0.15, -0.1) is 11.3 Å². The van der Waals surface area contributed by atoms with Crippen LogP contribution in [0.3, 0.4) is 0 Å². The minimum Gasteiger partial charge on any atom is -0.364 e. The van der Waals surface area contributed by atoms with E-state index in [-0.39, 0.29) is 0 Å². The smallest absolute Gasteiger partial charge is 0.148 e. The number of aryl methyl sites for hydroxylation is 1. The Kier molecular flexibility index (Phi) is 3.18. The molecule has 0 saturated carbocycles. The second-order valence-corrected chi connectivity index (χ2v) is 4.51. The molecule has 78 valence electrons. The first-order chi connectivity index (χ1) is 7.27. The monoisotopic (exact) mass is 239 g/mol. The summed E-state index contributed by atoms with van der Waals surface area (Å²) in [5, 5.41) is 5.81. The van der Waals surface area contributed by atoms with E-state index in [4.69, 9.17) is 11.6 Å². The molecule has 0 saturated heterocycles. The van der Waals surface area contributed by atoms with Gasteiger partial charge in [-0.2, -0.15) is 0 Å². The van der Waals surface area contributed by atoms with E-state index in [0.29, 0.717) is 10.8 Å². The number of hydrogen-bond acceptors (Lipinski definition) is 4. The van der Waals surface area contributed by atoms with Crippen molar-refractivity contribution in [1.82, 2.24) is 9.97 Å². The van der Waals surface area contributed by atoms with Gasteiger partial charge >= 0.3 is 0 Å². The fraction of sp³-hybridized carbons (Fsp3) is 0.200. The normalized spacial score (nSPS) is 10.3. The number of halogens is 1. The molecule has 15 heavy (non-hydrogen) atoms. The Morgan fingerprint density at radius 2 is 2.40 bits per heavy atom. The fourth-order valence-corrected chi connectivity index (χ4v) is 2.21. The van der Waals surface area contributed by atoms with Crippen LogP contribution < -0.4 is 5.32 Å². The third-order valence-corrected chi connectivity index (χ3v) is 3.35. The Hall–Kier alpha value is -1.13. The van der Waals surface area contributed by atoms with Gasteiger partial charge in [-0.3, -0.25) is 0 Å². The van der Waals surface area contributed by atoms with Crippen LogP contribution in [0, 0.1) is 6.92 Å². The average molecular weight is 240 g/mol. The number of thiophene rings is 1. The summed E-state index contributed by atoms with van der Waals surface area (Å²) in [6.07, 6.45) is 3.06. The largest absolute Gasteiger partial charge is 0.364 e. The molecule has 0 aliphatic carbocycles. The van der Waals surface area contributed by atoms with Crippen LogP contribution in [-0.4, -0.2) is 9.97 Å². The molecular weight excluding hydrogens is 230 g/mol. The maximum absolute atomic E-state index is 5.92. The molecule has 0 amide bonds. The summed E-state index contributed by atoms with van der Waals surface area (Å²) in [7, 11) is 0. The summed E-state index contributed by atoms with van der Waals surface area (Å²) >= 11 is 7.65. The van der Waals surface area contributed by atoms with E-state index in [1.165, 1.54) is 16.8 Å². The van der Waals surface area contributed by atoms with Crippen molar-refractivity contribution in [2.24, 2.45) is 0 Å². The van der Waals surface area contributed by atoms with Crippen molar-refractivity contribution >= 4 is 28.8 Å². The average Bonchev–Trinajstić information content (AvgIpc) is 2.63. The zero-order chi connectivity index (χ0) is 10.7. The minimum atomic E-state index is 0.548. The zero-order valence-electron chi connectivity index (χ0n) is 8.20. The summed E-state index contributed by atoms with van der Waals surface area (Å²) in [5.41, 5.74) is 1.29. The van der Waals surface area contributed by atoms with Gasteiger partial charge in [-0.25, -0.2) is 9.97 Å². The number of aromatic nitrogens is 2. The summed E-state index contributed by atoms with van der Waals surface area (Å²) in [6.45, 7) is 2.84. The number of nitrogens with zero attached hydrogens (tertiary/aromatic N) is 2. The third-order valence-electron chi connectivity index (χ3n) is 2.05. The predicted octanol–water partition coefficient (Wildman–Crippen LogP) is 3.11. The molecule has 2 aromatic rings. The van der Waals surface area contributed by atoms with Gasteiger partial charge in [0.15, 0.2) is 0 Å². The Balaban J connectivity index is 2.06. The van der Waals surface area contributed by atoms with Crippen molar-refractivity contribution in [3.05, 3.63) is 39.4 Å². The first-order valence-electron chi connectivity index (χ1n) is 4.49. The summed E-state index contributed by atoms with van der Waals surface area (Å²) in [5.74, 6) is 0.680. The van der Waals surface area contributed by atoms with Gasteiger partial charge < -0.3 is 5.32 Å². The van der Waals surface area contributed by atoms with E-state index in [1.807, 2.05) is 0 Å². The summed E-state index contributed by atoms with van der Waals surface area (Å²) in [4.78, 5) is 9.18. The van der Waals surface area contributed by atoms with Crippen molar-refractivity contribution in [2.75, 3.05) is 5.32 Å². The molecule has 0 fully saturated rings. The van der Waals surface area contributed by atoms with Gasteiger partial charge in [-0.05, 0) is 23.9 Å². The summed E-state index contributed by atoms with van der Waals surface area (Å²) in [6, 6.07) is 2.10. The predicted molar refractivity (Wildman–Crippen MR) is 63.4 cm³/mol. The lowest BCUT2D eigenvalue weighted by molar-refractivity contribution is 1.09. The van der Waals surface area contributed by atoms with E-state index < -0.39 is 0 Å². The van der Waals surface area contributed by atoms with E-state index in [9.17, 15) is 0 Å². The Morgan fingerprint density at radius 3 is 3.07 bits per heavy atom. The molecule has 0 unspecified atom stereocenters. The molecule has 0 atom stereocenters. The molecule has 3 nitrogen and oxygen atoms in total. The second-order valence-electron chi connectivity index (χ2n) is 3.10. The molecule has 0 bridgehead atoms. The molecule has 0 aromatic carbocycles. The molecule has 5 heteroatoms. The number of hydrogen-bond donors (Lipinski definition) is 1. The Labute approximate surface area is 97.2 Å². The van der Waals surface area contributed by atoms with E-state index in [1.54, 1.807) is 17.5 Å². The number of nitrogens with one attached hydrogen (secondary N) is 1. The van der Waals surface area contributed by atoms with Crippen molar-refractivity contribution in [3.8, 4) is 0 Å². The highest BCUT2D eigenvalue weighted by molar-refractivity contribution is 7.10. The van der Waals surface area contributed by atoms with Crippen LogP contribution in [0.15, 0.2) is 24.0 Å². The molecule has 1 N–H and O–H groups in total. The molecule has 2 heterocycles. The zero-order valence-corrected chi connectivity index (χ0v) is 9.77. The van der Waals surface area contributed by atoms with Gasteiger partial charge in [-0.1, -0.05) is 11.6 Å². The molecule has 0 radical (unpaired) electrons. The van der Waals surface area contributed by atoms with Crippen LogP contribution in [0.1, 0.15) is 10.4 Å². The molecule has 2 rings (SSSR count). The van der Waals surface area contributed by atoms with Gasteiger partial charge in [0.05, 0.1) is 12.7 Å². The molecule has 0 aliphatic rings. The van der Waals surface area contributed by atoms with Crippen LogP contribution in [0.4, 0.5) is 5.82 Å². The van der Waals surface area contributed by atoms with E-state index in [2.05, 4.69) is 33.7 Å². The lowest BCUT2D eigenvalue weighted by Gasteiger charge is -2.05. The Morgan fingerprint density at radius 1 is 1.53 bits per heavy atom. The highest BCUT2D eigenvalue weighted by atomic mass is 35.5.